The fourth-order valence-corrected chi connectivity index (χ4v) is 3.50. The van der Waals surface area contributed by atoms with Crippen molar-refractivity contribution >= 4 is 5.91 Å². The molecule has 0 bridgehead atoms. The molecule has 1 aromatic carbocycles. The Morgan fingerprint density at radius 2 is 1.67 bits per heavy atom. The first kappa shape index (κ1) is 21.3. The van der Waals surface area contributed by atoms with Gasteiger partial charge >= 0.3 is 0 Å². The van der Waals surface area contributed by atoms with Crippen molar-refractivity contribution in [2.75, 3.05) is 47.5 Å². The molecule has 0 unspecified atom stereocenters. The average molecular weight is 380 g/mol. The van der Waals surface area contributed by atoms with Gasteiger partial charge in [-0.05, 0) is 18.4 Å². The minimum absolute atomic E-state index is 0.0621. The number of amides is 1. The first-order valence-electron chi connectivity index (χ1n) is 9.45. The van der Waals surface area contributed by atoms with E-state index >= 15 is 0 Å². The van der Waals surface area contributed by atoms with Gasteiger partial charge in [-0.1, -0.05) is 19.9 Å². The second-order valence-electron chi connectivity index (χ2n) is 7.33. The normalized spacial score (nSPS) is 16.3. The molecule has 1 fully saturated rings. The standard InChI is InChI=1S/C20H33N3O4/c1-14(2)12-16(21)20(24)23-10-8-22(9-11-23)13-15-6-7-17(25-3)19(27-5)18(15)26-4/h6-7,14,16H,8-13,21H2,1-5H3/t16-/m1/s1. The van der Waals surface area contributed by atoms with E-state index < -0.39 is 6.04 Å². The molecule has 2 N–H and O–H groups in total. The fourth-order valence-electron chi connectivity index (χ4n) is 3.50. The van der Waals surface area contributed by atoms with Crippen molar-refractivity contribution in [2.24, 2.45) is 11.7 Å². The van der Waals surface area contributed by atoms with Crippen LogP contribution in [0.4, 0.5) is 0 Å². The summed E-state index contributed by atoms with van der Waals surface area (Å²) in [6, 6.07) is 3.49. The molecule has 1 aliphatic heterocycles. The Kier molecular flexibility index (Phi) is 7.74. The van der Waals surface area contributed by atoms with E-state index in [1.165, 1.54) is 0 Å². The maximum atomic E-state index is 12.5. The molecule has 1 amide bonds. The molecule has 1 aromatic rings. The number of benzene rings is 1. The van der Waals surface area contributed by atoms with Gasteiger partial charge in [0.15, 0.2) is 11.5 Å². The summed E-state index contributed by atoms with van der Waals surface area (Å²) < 4.78 is 16.4. The van der Waals surface area contributed by atoms with Crippen molar-refractivity contribution in [3.8, 4) is 17.2 Å². The van der Waals surface area contributed by atoms with Gasteiger partial charge in [0.1, 0.15) is 0 Å². The van der Waals surface area contributed by atoms with Crippen LogP contribution in [0.2, 0.25) is 0 Å². The molecule has 7 nitrogen and oxygen atoms in total. The largest absolute Gasteiger partial charge is 0.493 e. The van der Waals surface area contributed by atoms with Crippen molar-refractivity contribution in [1.82, 2.24) is 9.80 Å². The molecule has 27 heavy (non-hydrogen) atoms. The van der Waals surface area contributed by atoms with Gasteiger partial charge in [-0.3, -0.25) is 9.69 Å². The summed E-state index contributed by atoms with van der Waals surface area (Å²) in [5, 5.41) is 0. The van der Waals surface area contributed by atoms with E-state index in [1.54, 1.807) is 21.3 Å². The summed E-state index contributed by atoms with van der Waals surface area (Å²) in [5.41, 5.74) is 7.09. The predicted octanol–water partition coefficient (Wildman–Crippen LogP) is 1.73. The molecular formula is C20H33N3O4. The Bertz CT molecular complexity index is 628. The Morgan fingerprint density at radius 1 is 1.04 bits per heavy atom. The number of nitrogens with zero attached hydrogens (tertiary/aromatic N) is 2. The highest BCUT2D eigenvalue weighted by Crippen LogP contribution is 2.40. The van der Waals surface area contributed by atoms with Crippen LogP contribution in [0.15, 0.2) is 12.1 Å². The van der Waals surface area contributed by atoms with Gasteiger partial charge in [-0.2, -0.15) is 0 Å². The lowest BCUT2D eigenvalue weighted by Crippen LogP contribution is -2.53. The fraction of sp³-hybridized carbons (Fsp3) is 0.650. The maximum Gasteiger partial charge on any atom is 0.239 e. The number of ether oxygens (including phenoxy) is 3. The molecule has 0 radical (unpaired) electrons. The van der Waals surface area contributed by atoms with Crippen LogP contribution in [-0.4, -0.2) is 69.3 Å². The lowest BCUT2D eigenvalue weighted by Gasteiger charge is -2.36. The molecule has 0 saturated carbocycles. The monoisotopic (exact) mass is 379 g/mol. The van der Waals surface area contributed by atoms with Crippen LogP contribution >= 0.6 is 0 Å². The van der Waals surface area contributed by atoms with E-state index in [0.717, 1.165) is 31.6 Å². The molecule has 0 aliphatic carbocycles. The summed E-state index contributed by atoms with van der Waals surface area (Å²) in [5.74, 6) is 2.42. The Morgan fingerprint density at radius 3 is 2.19 bits per heavy atom. The van der Waals surface area contributed by atoms with Gasteiger partial charge in [0, 0.05) is 38.3 Å². The molecule has 1 heterocycles. The van der Waals surface area contributed by atoms with Crippen molar-refractivity contribution in [2.45, 2.75) is 32.9 Å². The van der Waals surface area contributed by atoms with Crippen LogP contribution in [0.5, 0.6) is 17.2 Å². The Hall–Kier alpha value is -1.99. The quantitative estimate of drug-likeness (QED) is 0.741. The number of carbonyl (C=O) groups is 1. The van der Waals surface area contributed by atoms with Gasteiger partial charge < -0.3 is 24.8 Å². The second-order valence-corrected chi connectivity index (χ2v) is 7.33. The minimum atomic E-state index is -0.400. The van der Waals surface area contributed by atoms with Crippen LogP contribution in [0.1, 0.15) is 25.8 Å². The minimum Gasteiger partial charge on any atom is -0.493 e. The van der Waals surface area contributed by atoms with E-state index in [1.807, 2.05) is 17.0 Å². The zero-order chi connectivity index (χ0) is 20.0. The molecule has 0 spiro atoms. The lowest BCUT2D eigenvalue weighted by atomic mass is 10.0. The van der Waals surface area contributed by atoms with Gasteiger partial charge in [-0.15, -0.1) is 0 Å². The van der Waals surface area contributed by atoms with E-state index in [2.05, 4.69) is 18.7 Å². The zero-order valence-electron chi connectivity index (χ0n) is 17.2. The molecular weight excluding hydrogens is 346 g/mol. The smallest absolute Gasteiger partial charge is 0.239 e. The maximum absolute atomic E-state index is 12.5. The molecule has 1 saturated heterocycles. The molecule has 2 rings (SSSR count). The third-order valence-corrected chi connectivity index (χ3v) is 4.91. The Labute approximate surface area is 162 Å². The SMILES string of the molecule is COc1ccc(CN2CCN(C(=O)[C@H](N)CC(C)C)CC2)c(OC)c1OC. The zero-order valence-corrected chi connectivity index (χ0v) is 17.2. The average Bonchev–Trinajstić information content (AvgIpc) is 2.66. The molecule has 0 aromatic heterocycles. The topological polar surface area (TPSA) is 77.3 Å². The highest BCUT2D eigenvalue weighted by Gasteiger charge is 2.26. The highest BCUT2D eigenvalue weighted by atomic mass is 16.5. The van der Waals surface area contributed by atoms with Gasteiger partial charge in [0.25, 0.3) is 0 Å². The van der Waals surface area contributed by atoms with Gasteiger partial charge in [0.05, 0.1) is 27.4 Å². The summed E-state index contributed by atoms with van der Waals surface area (Å²) in [6.45, 7) is 7.89. The van der Waals surface area contributed by atoms with Crippen molar-refractivity contribution in [3.05, 3.63) is 17.7 Å². The summed E-state index contributed by atoms with van der Waals surface area (Å²) >= 11 is 0. The highest BCUT2D eigenvalue weighted by molar-refractivity contribution is 5.81. The summed E-state index contributed by atoms with van der Waals surface area (Å²) in [4.78, 5) is 16.7. The van der Waals surface area contributed by atoms with Gasteiger partial charge in [0.2, 0.25) is 11.7 Å². The molecule has 1 atom stereocenters. The second kappa shape index (κ2) is 9.80. The summed E-state index contributed by atoms with van der Waals surface area (Å²) in [6.07, 6.45) is 0.724. The predicted molar refractivity (Wildman–Crippen MR) is 105 cm³/mol. The van der Waals surface area contributed by atoms with Crippen LogP contribution in [0.25, 0.3) is 0 Å². The van der Waals surface area contributed by atoms with Crippen LogP contribution in [0.3, 0.4) is 0 Å². The number of methoxy groups -OCH3 is 3. The number of hydrogen-bond acceptors (Lipinski definition) is 6. The first-order chi connectivity index (χ1) is 12.9. The molecule has 7 heteroatoms. The number of carbonyl (C=O) groups excluding carboxylic acids is 1. The number of piperazine rings is 1. The van der Waals surface area contributed by atoms with Crippen LogP contribution in [-0.2, 0) is 11.3 Å². The third kappa shape index (κ3) is 5.26. The Balaban J connectivity index is 1.99. The molecule has 152 valence electrons. The van der Waals surface area contributed by atoms with E-state index in [-0.39, 0.29) is 5.91 Å². The van der Waals surface area contributed by atoms with Crippen LogP contribution in [0, 0.1) is 5.92 Å². The van der Waals surface area contributed by atoms with E-state index in [4.69, 9.17) is 19.9 Å². The number of nitrogens with two attached hydrogens (primary N) is 1. The van der Waals surface area contributed by atoms with E-state index in [0.29, 0.717) is 36.3 Å². The summed E-state index contributed by atoms with van der Waals surface area (Å²) in [7, 11) is 4.85. The van der Waals surface area contributed by atoms with Crippen molar-refractivity contribution < 1.29 is 19.0 Å². The van der Waals surface area contributed by atoms with Crippen LogP contribution < -0.4 is 19.9 Å². The number of rotatable bonds is 8. The van der Waals surface area contributed by atoms with E-state index in [9.17, 15) is 4.79 Å². The van der Waals surface area contributed by atoms with Crippen molar-refractivity contribution in [3.63, 3.8) is 0 Å². The first-order valence-corrected chi connectivity index (χ1v) is 9.45. The number of hydrogen-bond donors (Lipinski definition) is 1. The molecule has 1 aliphatic rings. The third-order valence-electron chi connectivity index (χ3n) is 4.91. The van der Waals surface area contributed by atoms with Gasteiger partial charge in [-0.25, -0.2) is 0 Å². The lowest BCUT2D eigenvalue weighted by molar-refractivity contribution is -0.134. The van der Waals surface area contributed by atoms with Crippen molar-refractivity contribution in [1.29, 1.82) is 0 Å².